The topological polar surface area (TPSA) is 67.4 Å². The zero-order chi connectivity index (χ0) is 16.8. The first-order valence-electron chi connectivity index (χ1n) is 6.67. The molecule has 0 saturated carbocycles. The van der Waals surface area contributed by atoms with Crippen molar-refractivity contribution in [3.8, 4) is 0 Å². The Hall–Kier alpha value is -2.60. The molecule has 2 N–H and O–H groups in total. The van der Waals surface area contributed by atoms with E-state index in [4.69, 9.17) is 11.6 Å². The van der Waals surface area contributed by atoms with Crippen molar-refractivity contribution in [1.29, 1.82) is 0 Å². The van der Waals surface area contributed by atoms with E-state index in [1.165, 1.54) is 31.4 Å². The molecule has 0 aliphatic carbocycles. The normalized spacial score (nSPS) is 10.0. The Balaban J connectivity index is 1.90. The number of esters is 1. The largest absolute Gasteiger partial charge is 0.465 e. The van der Waals surface area contributed by atoms with Gasteiger partial charge >= 0.3 is 5.97 Å². The lowest BCUT2D eigenvalue weighted by molar-refractivity contribution is -0.114. The van der Waals surface area contributed by atoms with Gasteiger partial charge in [-0.3, -0.25) is 4.79 Å². The molecule has 0 heterocycles. The first-order chi connectivity index (χ1) is 11.0. The van der Waals surface area contributed by atoms with Crippen LogP contribution in [0.1, 0.15) is 10.4 Å². The summed E-state index contributed by atoms with van der Waals surface area (Å²) in [5.74, 6) is -1.35. The van der Waals surface area contributed by atoms with Gasteiger partial charge in [0.15, 0.2) is 0 Å². The highest BCUT2D eigenvalue weighted by Gasteiger charge is 2.08. The Morgan fingerprint density at radius 1 is 1.17 bits per heavy atom. The first-order valence-corrected chi connectivity index (χ1v) is 7.04. The number of amides is 1. The van der Waals surface area contributed by atoms with Gasteiger partial charge in [0.25, 0.3) is 0 Å². The Labute approximate surface area is 137 Å². The van der Waals surface area contributed by atoms with Crippen LogP contribution in [0.25, 0.3) is 0 Å². The molecule has 1 amide bonds. The number of carbonyl (C=O) groups is 2. The number of methoxy groups -OCH3 is 1. The summed E-state index contributed by atoms with van der Waals surface area (Å²) >= 11 is 5.65. The molecule has 7 heteroatoms. The van der Waals surface area contributed by atoms with Gasteiger partial charge in [0.05, 0.1) is 24.9 Å². The first kappa shape index (κ1) is 16.8. The molecule has 5 nitrogen and oxygen atoms in total. The van der Waals surface area contributed by atoms with Crippen molar-refractivity contribution in [2.24, 2.45) is 0 Å². The van der Waals surface area contributed by atoms with E-state index in [-0.39, 0.29) is 23.2 Å². The predicted molar refractivity (Wildman–Crippen MR) is 86.3 cm³/mol. The summed E-state index contributed by atoms with van der Waals surface area (Å²) in [5.41, 5.74) is 1.08. The minimum absolute atomic E-state index is 0.114. The minimum atomic E-state index is -0.535. The van der Waals surface area contributed by atoms with Gasteiger partial charge in [-0.1, -0.05) is 11.6 Å². The third-order valence-corrected chi connectivity index (χ3v) is 3.20. The van der Waals surface area contributed by atoms with E-state index in [0.717, 1.165) is 6.07 Å². The van der Waals surface area contributed by atoms with E-state index in [0.29, 0.717) is 11.3 Å². The molecule has 23 heavy (non-hydrogen) atoms. The van der Waals surface area contributed by atoms with Gasteiger partial charge in [-0.2, -0.15) is 0 Å². The molecule has 0 aliphatic heterocycles. The summed E-state index contributed by atoms with van der Waals surface area (Å²) in [6, 6.07) is 10.4. The maximum atomic E-state index is 13.6. The van der Waals surface area contributed by atoms with Gasteiger partial charge < -0.3 is 15.4 Å². The molecular weight excluding hydrogens is 323 g/mol. The van der Waals surface area contributed by atoms with Crippen LogP contribution < -0.4 is 10.6 Å². The Bertz CT molecular complexity index is 720. The third-order valence-electron chi connectivity index (χ3n) is 2.96. The molecule has 0 spiro atoms. The number of anilines is 2. The average Bonchev–Trinajstić information content (AvgIpc) is 2.54. The van der Waals surface area contributed by atoms with Crippen molar-refractivity contribution >= 4 is 34.9 Å². The molecule has 2 aromatic carbocycles. The van der Waals surface area contributed by atoms with Crippen molar-refractivity contribution in [2.75, 3.05) is 24.3 Å². The van der Waals surface area contributed by atoms with E-state index in [9.17, 15) is 14.0 Å². The number of rotatable bonds is 5. The quantitative estimate of drug-likeness (QED) is 0.822. The molecule has 0 aromatic heterocycles. The monoisotopic (exact) mass is 336 g/mol. The second-order valence-corrected chi connectivity index (χ2v) is 5.03. The Kier molecular flexibility index (Phi) is 5.54. The lowest BCUT2D eigenvalue weighted by Gasteiger charge is -2.09. The Morgan fingerprint density at radius 2 is 1.87 bits per heavy atom. The molecule has 0 fully saturated rings. The van der Waals surface area contributed by atoms with E-state index in [2.05, 4.69) is 15.4 Å². The zero-order valence-corrected chi connectivity index (χ0v) is 13.0. The molecule has 0 aliphatic rings. The van der Waals surface area contributed by atoms with Gasteiger partial charge in [-0.15, -0.1) is 0 Å². The van der Waals surface area contributed by atoms with Crippen molar-refractivity contribution in [3.63, 3.8) is 0 Å². The Morgan fingerprint density at radius 3 is 2.48 bits per heavy atom. The van der Waals surface area contributed by atoms with E-state index >= 15 is 0 Å². The highest BCUT2D eigenvalue weighted by atomic mass is 35.5. The van der Waals surface area contributed by atoms with Crippen LogP contribution in [0.3, 0.4) is 0 Å². The number of ether oxygens (including phenoxy) is 1. The number of halogens is 2. The number of benzene rings is 2. The second-order valence-electron chi connectivity index (χ2n) is 4.59. The minimum Gasteiger partial charge on any atom is -0.465 e. The molecule has 0 radical (unpaired) electrons. The van der Waals surface area contributed by atoms with Gasteiger partial charge in [0, 0.05) is 10.7 Å². The number of carbonyl (C=O) groups excluding carboxylic acids is 2. The summed E-state index contributed by atoms with van der Waals surface area (Å²) in [6.45, 7) is -0.114. The van der Waals surface area contributed by atoms with Gasteiger partial charge in [-0.25, -0.2) is 9.18 Å². The third kappa shape index (κ3) is 4.69. The van der Waals surface area contributed by atoms with Crippen LogP contribution in [-0.4, -0.2) is 25.5 Å². The fourth-order valence-electron chi connectivity index (χ4n) is 1.82. The number of nitrogens with one attached hydrogen (secondary N) is 2. The predicted octanol–water partition coefficient (Wildman–Crippen LogP) is 3.32. The van der Waals surface area contributed by atoms with Crippen molar-refractivity contribution in [1.82, 2.24) is 0 Å². The smallest absolute Gasteiger partial charge is 0.337 e. The fraction of sp³-hybridized carbons (Fsp3) is 0.125. The molecule has 0 atom stereocenters. The molecule has 2 aromatic rings. The standard InChI is InChI=1S/C16H14ClFN2O3/c1-23-16(22)10-2-5-12(6-3-10)20-15(21)9-19-14-7-4-11(17)8-13(14)18/h2-8,19H,9H2,1H3,(H,20,21). The fourth-order valence-corrected chi connectivity index (χ4v) is 1.98. The van der Waals surface area contributed by atoms with Crippen LogP contribution in [0.15, 0.2) is 42.5 Å². The van der Waals surface area contributed by atoms with Crippen molar-refractivity contribution < 1.29 is 18.7 Å². The van der Waals surface area contributed by atoms with Crippen LogP contribution >= 0.6 is 11.6 Å². The summed E-state index contributed by atoms with van der Waals surface area (Å²) in [6.07, 6.45) is 0. The maximum absolute atomic E-state index is 13.6. The van der Waals surface area contributed by atoms with E-state index in [1.54, 1.807) is 12.1 Å². The summed E-state index contributed by atoms with van der Waals surface area (Å²) in [7, 11) is 1.29. The second kappa shape index (κ2) is 7.60. The molecule has 120 valence electrons. The molecular formula is C16H14ClFN2O3. The van der Waals surface area contributed by atoms with Crippen LogP contribution in [0.5, 0.6) is 0 Å². The molecule has 2 rings (SSSR count). The average molecular weight is 337 g/mol. The SMILES string of the molecule is COC(=O)c1ccc(NC(=O)CNc2ccc(Cl)cc2F)cc1. The lowest BCUT2D eigenvalue weighted by atomic mass is 10.2. The van der Waals surface area contributed by atoms with Gasteiger partial charge in [0.1, 0.15) is 5.82 Å². The molecule has 0 bridgehead atoms. The zero-order valence-electron chi connectivity index (χ0n) is 12.2. The number of hydrogen-bond donors (Lipinski definition) is 2. The van der Waals surface area contributed by atoms with Crippen LogP contribution in [0.2, 0.25) is 5.02 Å². The van der Waals surface area contributed by atoms with E-state index in [1.807, 2.05) is 0 Å². The lowest BCUT2D eigenvalue weighted by Crippen LogP contribution is -2.22. The highest BCUT2D eigenvalue weighted by molar-refractivity contribution is 6.30. The molecule has 0 unspecified atom stereocenters. The number of hydrogen-bond acceptors (Lipinski definition) is 4. The van der Waals surface area contributed by atoms with Gasteiger partial charge in [-0.05, 0) is 42.5 Å². The maximum Gasteiger partial charge on any atom is 0.337 e. The van der Waals surface area contributed by atoms with Crippen molar-refractivity contribution in [3.05, 3.63) is 58.9 Å². The summed E-state index contributed by atoms with van der Waals surface area (Å²) in [4.78, 5) is 23.1. The van der Waals surface area contributed by atoms with Crippen LogP contribution in [0, 0.1) is 5.82 Å². The van der Waals surface area contributed by atoms with E-state index < -0.39 is 11.8 Å². The molecule has 0 saturated heterocycles. The van der Waals surface area contributed by atoms with Crippen LogP contribution in [0.4, 0.5) is 15.8 Å². The van der Waals surface area contributed by atoms with Crippen LogP contribution in [-0.2, 0) is 9.53 Å². The van der Waals surface area contributed by atoms with Gasteiger partial charge in [0.2, 0.25) is 5.91 Å². The summed E-state index contributed by atoms with van der Waals surface area (Å²) < 4.78 is 18.1. The highest BCUT2D eigenvalue weighted by Crippen LogP contribution is 2.18. The van der Waals surface area contributed by atoms with Crippen molar-refractivity contribution in [2.45, 2.75) is 0 Å². The summed E-state index contributed by atoms with van der Waals surface area (Å²) in [5, 5.41) is 5.58.